The summed E-state index contributed by atoms with van der Waals surface area (Å²) in [5.41, 5.74) is 0. The molecule has 1 heterocycles. The summed E-state index contributed by atoms with van der Waals surface area (Å²) in [5, 5.41) is 17.3. The lowest BCUT2D eigenvalue weighted by Gasteiger charge is -2.03. The van der Waals surface area contributed by atoms with Crippen LogP contribution >= 0.6 is 0 Å². The van der Waals surface area contributed by atoms with Gasteiger partial charge in [0.1, 0.15) is 17.4 Å². The molecule has 0 bridgehead atoms. The molecule has 66 valence electrons. The summed E-state index contributed by atoms with van der Waals surface area (Å²) in [6.45, 7) is 1.28. The van der Waals surface area contributed by atoms with Crippen LogP contribution in [0.1, 0.15) is 17.4 Å². The Balaban J connectivity index is 2.87. The summed E-state index contributed by atoms with van der Waals surface area (Å²) in [6.07, 6.45) is 0. The molecule has 0 saturated carbocycles. The lowest BCUT2D eigenvalue weighted by atomic mass is 10.1. The Morgan fingerprint density at radius 1 is 1.67 bits per heavy atom. The fourth-order valence-corrected chi connectivity index (χ4v) is 0.930. The maximum Gasteiger partial charge on any atom is 0.316 e. The molecule has 0 aromatic carbocycles. The van der Waals surface area contributed by atoms with Gasteiger partial charge in [0.15, 0.2) is 0 Å². The largest absolute Gasteiger partial charge is 0.481 e. The minimum atomic E-state index is -1.08. The second-order valence-corrected chi connectivity index (χ2v) is 2.52. The Morgan fingerprint density at radius 3 is 2.67 bits per heavy atom. The number of aryl methyl sites for hydroxylation is 1. The first-order chi connectivity index (χ1) is 5.65. The van der Waals surface area contributed by atoms with E-state index < -0.39 is 18.5 Å². The van der Waals surface area contributed by atoms with E-state index in [4.69, 9.17) is 14.6 Å². The Hall–Kier alpha value is -1.29. The third-order valence-corrected chi connectivity index (χ3v) is 1.59. The quantitative estimate of drug-likeness (QED) is 0.702. The second-order valence-electron chi connectivity index (χ2n) is 2.52. The zero-order valence-electron chi connectivity index (χ0n) is 6.65. The molecule has 0 amide bonds. The van der Waals surface area contributed by atoms with Crippen molar-refractivity contribution in [3.8, 4) is 0 Å². The SMILES string of the molecule is Cc1ccc(C(CO)C(=O)O)o1. The van der Waals surface area contributed by atoms with Crippen molar-refractivity contribution in [2.75, 3.05) is 6.61 Å². The van der Waals surface area contributed by atoms with E-state index in [1.807, 2.05) is 0 Å². The van der Waals surface area contributed by atoms with E-state index >= 15 is 0 Å². The van der Waals surface area contributed by atoms with Gasteiger partial charge >= 0.3 is 5.97 Å². The van der Waals surface area contributed by atoms with E-state index in [0.29, 0.717) is 11.5 Å². The van der Waals surface area contributed by atoms with Crippen molar-refractivity contribution in [1.29, 1.82) is 0 Å². The van der Waals surface area contributed by atoms with Gasteiger partial charge in [0.05, 0.1) is 6.61 Å². The van der Waals surface area contributed by atoms with Crippen molar-refractivity contribution in [2.45, 2.75) is 12.8 Å². The van der Waals surface area contributed by atoms with Gasteiger partial charge in [0.2, 0.25) is 0 Å². The Kier molecular flexibility index (Phi) is 2.50. The number of aliphatic carboxylic acids is 1. The highest BCUT2D eigenvalue weighted by molar-refractivity contribution is 5.75. The molecule has 0 radical (unpaired) electrons. The minimum Gasteiger partial charge on any atom is -0.481 e. The third-order valence-electron chi connectivity index (χ3n) is 1.59. The van der Waals surface area contributed by atoms with Crippen LogP contribution in [0.3, 0.4) is 0 Å². The van der Waals surface area contributed by atoms with E-state index in [1.54, 1.807) is 19.1 Å². The maximum atomic E-state index is 10.5. The van der Waals surface area contributed by atoms with E-state index in [9.17, 15) is 4.79 Å². The fraction of sp³-hybridized carbons (Fsp3) is 0.375. The summed E-state index contributed by atoms with van der Waals surface area (Å²) in [6, 6.07) is 3.23. The van der Waals surface area contributed by atoms with Crippen molar-refractivity contribution < 1.29 is 19.4 Å². The molecule has 0 spiro atoms. The van der Waals surface area contributed by atoms with E-state index in [-0.39, 0.29) is 0 Å². The summed E-state index contributed by atoms with van der Waals surface area (Å²) in [7, 11) is 0. The number of carboxylic acid groups (broad SMARTS) is 1. The molecule has 2 N–H and O–H groups in total. The van der Waals surface area contributed by atoms with Gasteiger partial charge in [0.25, 0.3) is 0 Å². The number of hydrogen-bond donors (Lipinski definition) is 2. The van der Waals surface area contributed by atoms with Crippen molar-refractivity contribution in [1.82, 2.24) is 0 Å². The van der Waals surface area contributed by atoms with Gasteiger partial charge in [-0.05, 0) is 19.1 Å². The molecule has 4 nitrogen and oxygen atoms in total. The Bertz CT molecular complexity index is 276. The molecule has 1 aromatic heterocycles. The monoisotopic (exact) mass is 170 g/mol. The average molecular weight is 170 g/mol. The maximum absolute atomic E-state index is 10.5. The number of aliphatic hydroxyl groups is 1. The normalized spacial score (nSPS) is 12.8. The Labute approximate surface area is 69.4 Å². The molecule has 4 heteroatoms. The number of carbonyl (C=O) groups is 1. The molecule has 0 saturated heterocycles. The zero-order chi connectivity index (χ0) is 9.14. The van der Waals surface area contributed by atoms with Crippen LogP contribution in [0.5, 0.6) is 0 Å². The number of carboxylic acids is 1. The molecule has 1 aromatic rings. The van der Waals surface area contributed by atoms with Crippen molar-refractivity contribution >= 4 is 5.97 Å². The van der Waals surface area contributed by atoms with Crippen molar-refractivity contribution in [3.05, 3.63) is 23.7 Å². The van der Waals surface area contributed by atoms with Gasteiger partial charge in [-0.2, -0.15) is 0 Å². The topological polar surface area (TPSA) is 70.7 Å². The first kappa shape index (κ1) is 8.80. The van der Waals surface area contributed by atoms with Crippen LogP contribution in [0.25, 0.3) is 0 Å². The molecule has 12 heavy (non-hydrogen) atoms. The lowest BCUT2D eigenvalue weighted by molar-refractivity contribution is -0.140. The summed E-state index contributed by atoms with van der Waals surface area (Å²) in [5.74, 6) is -1.09. The summed E-state index contributed by atoms with van der Waals surface area (Å²) >= 11 is 0. The molecular weight excluding hydrogens is 160 g/mol. The summed E-state index contributed by atoms with van der Waals surface area (Å²) < 4.78 is 5.06. The van der Waals surface area contributed by atoms with E-state index in [2.05, 4.69) is 0 Å². The van der Waals surface area contributed by atoms with Crippen molar-refractivity contribution in [2.24, 2.45) is 0 Å². The van der Waals surface area contributed by atoms with Crippen LogP contribution < -0.4 is 0 Å². The van der Waals surface area contributed by atoms with Crippen LogP contribution in [0.2, 0.25) is 0 Å². The summed E-state index contributed by atoms with van der Waals surface area (Å²) in [4.78, 5) is 10.5. The molecule has 0 aliphatic carbocycles. The van der Waals surface area contributed by atoms with E-state index in [1.165, 1.54) is 0 Å². The van der Waals surface area contributed by atoms with Crippen LogP contribution in [-0.4, -0.2) is 22.8 Å². The smallest absolute Gasteiger partial charge is 0.316 e. The van der Waals surface area contributed by atoms with Gasteiger partial charge in [-0.3, -0.25) is 4.79 Å². The average Bonchev–Trinajstić information content (AvgIpc) is 2.37. The predicted octanol–water partition coefficient (Wildman–Crippen LogP) is 0.749. The lowest BCUT2D eigenvalue weighted by Crippen LogP contribution is -2.14. The number of rotatable bonds is 3. The van der Waals surface area contributed by atoms with Gasteiger partial charge in [0, 0.05) is 0 Å². The molecule has 0 aliphatic heterocycles. The number of hydrogen-bond acceptors (Lipinski definition) is 3. The highest BCUT2D eigenvalue weighted by Crippen LogP contribution is 2.17. The van der Waals surface area contributed by atoms with Crippen LogP contribution in [0.4, 0.5) is 0 Å². The van der Waals surface area contributed by atoms with Crippen LogP contribution in [0, 0.1) is 6.92 Å². The minimum absolute atomic E-state index is 0.294. The fourth-order valence-electron chi connectivity index (χ4n) is 0.930. The first-order valence-electron chi connectivity index (χ1n) is 3.55. The Morgan fingerprint density at radius 2 is 2.33 bits per heavy atom. The highest BCUT2D eigenvalue weighted by atomic mass is 16.4. The molecule has 1 atom stereocenters. The van der Waals surface area contributed by atoms with Crippen molar-refractivity contribution in [3.63, 3.8) is 0 Å². The highest BCUT2D eigenvalue weighted by Gasteiger charge is 2.21. The molecular formula is C8H10O4. The van der Waals surface area contributed by atoms with Gasteiger partial charge in [-0.25, -0.2) is 0 Å². The number of furan rings is 1. The van der Waals surface area contributed by atoms with Gasteiger partial charge in [-0.15, -0.1) is 0 Å². The van der Waals surface area contributed by atoms with Crippen LogP contribution in [-0.2, 0) is 4.79 Å². The molecule has 1 unspecified atom stereocenters. The molecule has 0 aliphatic rings. The second kappa shape index (κ2) is 3.40. The number of aliphatic hydroxyl groups excluding tert-OH is 1. The van der Waals surface area contributed by atoms with Gasteiger partial charge < -0.3 is 14.6 Å². The standard InChI is InChI=1S/C8H10O4/c1-5-2-3-7(12-5)6(4-9)8(10)11/h2-3,6,9H,4H2,1H3,(H,10,11). The molecule has 1 rings (SSSR count). The first-order valence-corrected chi connectivity index (χ1v) is 3.55. The zero-order valence-corrected chi connectivity index (χ0v) is 6.65. The van der Waals surface area contributed by atoms with Crippen LogP contribution in [0.15, 0.2) is 16.5 Å². The van der Waals surface area contributed by atoms with Gasteiger partial charge in [-0.1, -0.05) is 0 Å². The van der Waals surface area contributed by atoms with E-state index in [0.717, 1.165) is 0 Å². The third kappa shape index (κ3) is 1.65. The molecule has 0 fully saturated rings. The predicted molar refractivity (Wildman–Crippen MR) is 40.9 cm³/mol.